The molecule has 1 aromatic carbocycles. The topological polar surface area (TPSA) is 94.1 Å². The maximum atomic E-state index is 11.3. The van der Waals surface area contributed by atoms with E-state index in [2.05, 4.69) is 5.32 Å². The van der Waals surface area contributed by atoms with Gasteiger partial charge in [-0.1, -0.05) is 0 Å². The average molecular weight is 297 g/mol. The summed E-state index contributed by atoms with van der Waals surface area (Å²) in [7, 11) is 4.39. The molecular weight excluding hydrogens is 278 g/mol. The molecule has 0 saturated heterocycles. The highest BCUT2D eigenvalue weighted by Gasteiger charge is 2.25. The van der Waals surface area contributed by atoms with Gasteiger partial charge in [0.25, 0.3) is 0 Å². The van der Waals surface area contributed by atoms with Gasteiger partial charge < -0.3 is 24.6 Å². The Hall–Kier alpha value is -2.44. The quantitative estimate of drug-likeness (QED) is 0.789. The van der Waals surface area contributed by atoms with Gasteiger partial charge in [-0.05, 0) is 0 Å². The van der Waals surface area contributed by atoms with E-state index in [1.54, 1.807) is 12.1 Å². The predicted octanol–water partition coefficient (Wildman–Crippen LogP) is 1.36. The maximum absolute atomic E-state index is 11.3. The van der Waals surface area contributed by atoms with E-state index in [4.69, 9.17) is 19.3 Å². The van der Waals surface area contributed by atoms with E-state index >= 15 is 0 Å². The number of amides is 1. The first-order valence-electron chi connectivity index (χ1n) is 6.21. The van der Waals surface area contributed by atoms with E-state index in [1.807, 2.05) is 0 Å². The molecule has 7 heteroatoms. The van der Waals surface area contributed by atoms with Gasteiger partial charge in [-0.15, -0.1) is 0 Å². The normalized spacial score (nSPS) is 11.4. The zero-order valence-corrected chi connectivity index (χ0v) is 12.4. The van der Waals surface area contributed by atoms with Crippen molar-refractivity contribution in [1.82, 2.24) is 5.32 Å². The summed E-state index contributed by atoms with van der Waals surface area (Å²) in [5.41, 5.74) is 0.457. The summed E-state index contributed by atoms with van der Waals surface area (Å²) in [6, 6.07) is 2.44. The average Bonchev–Trinajstić information content (AvgIpc) is 2.43. The summed E-state index contributed by atoms with van der Waals surface area (Å²) in [5, 5.41) is 11.6. The number of carbonyl (C=O) groups excluding carboxylic acids is 1. The molecule has 0 bridgehead atoms. The molecule has 1 aromatic rings. The third kappa shape index (κ3) is 4.27. The lowest BCUT2D eigenvalue weighted by Crippen LogP contribution is -2.28. The van der Waals surface area contributed by atoms with Crippen molar-refractivity contribution in [2.24, 2.45) is 0 Å². The summed E-state index contributed by atoms with van der Waals surface area (Å²) in [5.74, 6) is -0.128. The van der Waals surface area contributed by atoms with Crippen LogP contribution in [0.1, 0.15) is 24.9 Å². The number of nitrogens with one attached hydrogen (secondary N) is 1. The van der Waals surface area contributed by atoms with Gasteiger partial charge in [0.1, 0.15) is 17.2 Å². The number of carboxylic acids is 1. The first-order chi connectivity index (χ1) is 9.92. The van der Waals surface area contributed by atoms with Crippen molar-refractivity contribution in [3.63, 3.8) is 0 Å². The van der Waals surface area contributed by atoms with Gasteiger partial charge in [0.05, 0.1) is 39.4 Å². The maximum Gasteiger partial charge on any atom is 0.305 e. The van der Waals surface area contributed by atoms with Crippen molar-refractivity contribution in [3.05, 3.63) is 17.7 Å². The van der Waals surface area contributed by atoms with Gasteiger partial charge >= 0.3 is 5.97 Å². The van der Waals surface area contributed by atoms with Crippen LogP contribution in [0.5, 0.6) is 17.2 Å². The standard InChI is InChI=1S/C14H19NO6/c1-8(16)15-10(7-13(17)18)14-11(20-3)5-9(19-2)6-12(14)21-4/h5-6,10H,7H2,1-4H3,(H,15,16)(H,17,18)/t10-/m0/s1. The molecule has 116 valence electrons. The van der Waals surface area contributed by atoms with Crippen LogP contribution in [0.15, 0.2) is 12.1 Å². The van der Waals surface area contributed by atoms with E-state index in [0.717, 1.165) is 0 Å². The van der Waals surface area contributed by atoms with E-state index in [0.29, 0.717) is 22.8 Å². The van der Waals surface area contributed by atoms with Crippen LogP contribution in [0, 0.1) is 0 Å². The summed E-state index contributed by atoms with van der Waals surface area (Å²) in [6.07, 6.45) is -0.293. The number of aliphatic carboxylic acids is 1. The summed E-state index contributed by atoms with van der Waals surface area (Å²) < 4.78 is 15.7. The van der Waals surface area contributed by atoms with Crippen molar-refractivity contribution in [1.29, 1.82) is 0 Å². The first-order valence-corrected chi connectivity index (χ1v) is 6.21. The molecule has 0 radical (unpaired) electrons. The Morgan fingerprint density at radius 2 is 1.67 bits per heavy atom. The third-order valence-corrected chi connectivity index (χ3v) is 2.86. The van der Waals surface area contributed by atoms with Crippen molar-refractivity contribution in [3.8, 4) is 17.2 Å². The Labute approximate surface area is 122 Å². The lowest BCUT2D eigenvalue weighted by molar-refractivity contribution is -0.137. The molecule has 0 aliphatic carbocycles. The molecule has 21 heavy (non-hydrogen) atoms. The van der Waals surface area contributed by atoms with Crippen LogP contribution in [0.25, 0.3) is 0 Å². The number of benzene rings is 1. The fourth-order valence-electron chi connectivity index (χ4n) is 2.02. The number of ether oxygens (including phenoxy) is 3. The Morgan fingerprint density at radius 3 is 2.00 bits per heavy atom. The molecule has 2 N–H and O–H groups in total. The molecule has 0 spiro atoms. The summed E-state index contributed by atoms with van der Waals surface area (Å²) in [6.45, 7) is 1.32. The Kier molecular flexibility index (Phi) is 5.83. The van der Waals surface area contributed by atoms with Crippen LogP contribution in [0.4, 0.5) is 0 Å². The minimum atomic E-state index is -1.05. The fourth-order valence-corrected chi connectivity index (χ4v) is 2.02. The molecule has 0 heterocycles. The van der Waals surface area contributed by atoms with E-state index in [-0.39, 0.29) is 12.3 Å². The molecule has 1 atom stereocenters. The van der Waals surface area contributed by atoms with Crippen LogP contribution in [0.2, 0.25) is 0 Å². The predicted molar refractivity (Wildman–Crippen MR) is 74.9 cm³/mol. The van der Waals surface area contributed by atoms with Crippen LogP contribution in [-0.4, -0.2) is 38.3 Å². The number of rotatable bonds is 7. The Bertz CT molecular complexity index is 487. The lowest BCUT2D eigenvalue weighted by Gasteiger charge is -2.22. The summed E-state index contributed by atoms with van der Waals surface area (Å²) in [4.78, 5) is 22.4. The Morgan fingerprint density at radius 1 is 1.14 bits per heavy atom. The van der Waals surface area contributed by atoms with Crippen LogP contribution >= 0.6 is 0 Å². The SMILES string of the molecule is COc1cc(OC)c([C@H](CC(=O)O)NC(C)=O)c(OC)c1. The second-order valence-corrected chi connectivity index (χ2v) is 4.30. The summed E-state index contributed by atoms with van der Waals surface area (Å²) >= 11 is 0. The molecule has 7 nitrogen and oxygen atoms in total. The fraction of sp³-hybridized carbons (Fsp3) is 0.429. The van der Waals surface area contributed by atoms with Crippen molar-refractivity contribution in [2.45, 2.75) is 19.4 Å². The molecule has 0 saturated carbocycles. The van der Waals surface area contributed by atoms with Crippen LogP contribution in [0.3, 0.4) is 0 Å². The van der Waals surface area contributed by atoms with E-state index < -0.39 is 12.0 Å². The van der Waals surface area contributed by atoms with Crippen molar-refractivity contribution >= 4 is 11.9 Å². The first kappa shape index (κ1) is 16.6. The highest BCUT2D eigenvalue weighted by Crippen LogP contribution is 2.39. The van der Waals surface area contributed by atoms with Gasteiger partial charge in [0.2, 0.25) is 5.91 Å². The molecule has 0 fully saturated rings. The van der Waals surface area contributed by atoms with E-state index in [1.165, 1.54) is 28.3 Å². The van der Waals surface area contributed by atoms with Crippen molar-refractivity contribution < 1.29 is 28.9 Å². The number of hydrogen-bond donors (Lipinski definition) is 2. The van der Waals surface area contributed by atoms with Gasteiger partial charge in [0, 0.05) is 19.1 Å². The molecule has 0 aromatic heterocycles. The highest BCUT2D eigenvalue weighted by atomic mass is 16.5. The van der Waals surface area contributed by atoms with Crippen LogP contribution < -0.4 is 19.5 Å². The zero-order valence-electron chi connectivity index (χ0n) is 12.4. The Balaban J connectivity index is 3.39. The second kappa shape index (κ2) is 7.37. The molecule has 0 unspecified atom stereocenters. The molecule has 0 aliphatic heterocycles. The molecule has 1 rings (SSSR count). The smallest absolute Gasteiger partial charge is 0.305 e. The highest BCUT2D eigenvalue weighted by molar-refractivity contribution is 5.76. The lowest BCUT2D eigenvalue weighted by atomic mass is 10.0. The molecule has 0 aliphatic rings. The van der Waals surface area contributed by atoms with Gasteiger partial charge in [-0.2, -0.15) is 0 Å². The number of methoxy groups -OCH3 is 3. The largest absolute Gasteiger partial charge is 0.496 e. The van der Waals surface area contributed by atoms with Gasteiger partial charge in [-0.25, -0.2) is 0 Å². The third-order valence-electron chi connectivity index (χ3n) is 2.86. The van der Waals surface area contributed by atoms with Gasteiger partial charge in [-0.3, -0.25) is 9.59 Å². The molecule has 1 amide bonds. The minimum Gasteiger partial charge on any atom is -0.496 e. The monoisotopic (exact) mass is 297 g/mol. The van der Waals surface area contributed by atoms with E-state index in [9.17, 15) is 9.59 Å². The van der Waals surface area contributed by atoms with Gasteiger partial charge in [0.15, 0.2) is 0 Å². The van der Waals surface area contributed by atoms with Crippen LogP contribution in [-0.2, 0) is 9.59 Å². The number of hydrogen-bond acceptors (Lipinski definition) is 5. The minimum absolute atomic E-state index is 0.293. The van der Waals surface area contributed by atoms with Crippen molar-refractivity contribution in [2.75, 3.05) is 21.3 Å². The second-order valence-electron chi connectivity index (χ2n) is 4.30. The zero-order chi connectivity index (χ0) is 16.0. The number of carboxylic acid groups (broad SMARTS) is 1. The number of carbonyl (C=O) groups is 2. The molecular formula is C14H19NO6.